The van der Waals surface area contributed by atoms with Crippen LogP contribution in [0.4, 0.5) is 0 Å². The molecule has 0 amide bonds. The highest BCUT2D eigenvalue weighted by molar-refractivity contribution is 5.29. The first-order valence-corrected chi connectivity index (χ1v) is 5.32. The first kappa shape index (κ1) is 10.0. The number of benzene rings is 1. The summed E-state index contributed by atoms with van der Waals surface area (Å²) in [4.78, 5) is 0. The van der Waals surface area contributed by atoms with E-state index in [2.05, 4.69) is 18.2 Å². The third-order valence-corrected chi connectivity index (χ3v) is 3.25. The van der Waals surface area contributed by atoms with E-state index >= 15 is 0 Å². The van der Waals surface area contributed by atoms with Gasteiger partial charge in [0.25, 0.3) is 0 Å². The Bertz CT molecular complexity index is 371. The van der Waals surface area contributed by atoms with Crippen molar-refractivity contribution in [1.82, 2.24) is 0 Å². The Balaban J connectivity index is 2.08. The van der Waals surface area contributed by atoms with E-state index < -0.39 is 0 Å². The second-order valence-corrected chi connectivity index (χ2v) is 4.27. The van der Waals surface area contributed by atoms with Crippen LogP contribution >= 0.6 is 0 Å². The standard InChI is InChI=1S/C13H15NO/c1-15-12-5-3-11(4-6-12)9-13(10-14)7-2-8-13/h3-6H,2,7-9H2,1H3. The monoisotopic (exact) mass is 201 g/mol. The first-order valence-electron chi connectivity index (χ1n) is 5.32. The van der Waals surface area contributed by atoms with Crippen molar-refractivity contribution in [3.8, 4) is 11.8 Å². The van der Waals surface area contributed by atoms with E-state index in [9.17, 15) is 0 Å². The highest BCUT2D eigenvalue weighted by Gasteiger charge is 2.36. The van der Waals surface area contributed by atoms with Gasteiger partial charge >= 0.3 is 0 Å². The summed E-state index contributed by atoms with van der Waals surface area (Å²) in [6.45, 7) is 0. The Labute approximate surface area is 90.5 Å². The normalized spacial score (nSPS) is 17.6. The van der Waals surface area contributed by atoms with E-state index in [1.165, 1.54) is 12.0 Å². The van der Waals surface area contributed by atoms with E-state index in [1.807, 2.05) is 12.1 Å². The molecule has 2 rings (SSSR count). The second kappa shape index (κ2) is 3.94. The molecule has 1 aliphatic carbocycles. The molecule has 15 heavy (non-hydrogen) atoms. The molecule has 0 saturated heterocycles. The quantitative estimate of drug-likeness (QED) is 0.753. The highest BCUT2D eigenvalue weighted by Crippen LogP contribution is 2.43. The van der Waals surface area contributed by atoms with Gasteiger partial charge in [-0.25, -0.2) is 0 Å². The van der Waals surface area contributed by atoms with Gasteiger partial charge in [-0.2, -0.15) is 5.26 Å². The van der Waals surface area contributed by atoms with Crippen molar-refractivity contribution in [3.63, 3.8) is 0 Å². The molecule has 0 spiro atoms. The van der Waals surface area contributed by atoms with Gasteiger partial charge in [0, 0.05) is 0 Å². The van der Waals surface area contributed by atoms with Crippen LogP contribution in [0.2, 0.25) is 0 Å². The molecule has 1 fully saturated rings. The predicted octanol–water partition coefficient (Wildman–Crippen LogP) is 2.93. The van der Waals surface area contributed by atoms with E-state index in [0.717, 1.165) is 25.0 Å². The lowest BCUT2D eigenvalue weighted by Crippen LogP contribution is -2.29. The smallest absolute Gasteiger partial charge is 0.118 e. The van der Waals surface area contributed by atoms with Gasteiger partial charge in [0.1, 0.15) is 5.75 Å². The fourth-order valence-electron chi connectivity index (χ4n) is 2.07. The fraction of sp³-hybridized carbons (Fsp3) is 0.462. The minimum atomic E-state index is -0.0748. The van der Waals surface area contributed by atoms with E-state index in [-0.39, 0.29) is 5.41 Å². The summed E-state index contributed by atoms with van der Waals surface area (Å²) in [5.41, 5.74) is 1.16. The second-order valence-electron chi connectivity index (χ2n) is 4.27. The van der Waals surface area contributed by atoms with Gasteiger partial charge in [0.05, 0.1) is 18.6 Å². The highest BCUT2D eigenvalue weighted by atomic mass is 16.5. The van der Waals surface area contributed by atoms with Crippen LogP contribution in [0.25, 0.3) is 0 Å². The van der Waals surface area contributed by atoms with Crippen LogP contribution in [0.15, 0.2) is 24.3 Å². The SMILES string of the molecule is COc1ccc(CC2(C#N)CCC2)cc1. The summed E-state index contributed by atoms with van der Waals surface area (Å²) in [7, 11) is 1.66. The minimum absolute atomic E-state index is 0.0748. The predicted molar refractivity (Wildman–Crippen MR) is 58.6 cm³/mol. The molecular formula is C13H15NO. The summed E-state index contributed by atoms with van der Waals surface area (Å²) >= 11 is 0. The van der Waals surface area contributed by atoms with Crippen molar-refractivity contribution < 1.29 is 4.74 Å². The van der Waals surface area contributed by atoms with Gasteiger partial charge in [0.2, 0.25) is 0 Å². The molecule has 1 aliphatic rings. The minimum Gasteiger partial charge on any atom is -0.497 e. The van der Waals surface area contributed by atoms with E-state index in [1.54, 1.807) is 7.11 Å². The number of hydrogen-bond acceptors (Lipinski definition) is 2. The molecule has 0 bridgehead atoms. The van der Waals surface area contributed by atoms with Crippen LogP contribution in [0, 0.1) is 16.7 Å². The Kier molecular flexibility index (Phi) is 2.64. The fourth-order valence-corrected chi connectivity index (χ4v) is 2.07. The zero-order valence-electron chi connectivity index (χ0n) is 8.99. The van der Waals surface area contributed by atoms with Crippen molar-refractivity contribution in [1.29, 1.82) is 5.26 Å². The van der Waals surface area contributed by atoms with Gasteiger partial charge in [-0.05, 0) is 37.0 Å². The summed E-state index contributed by atoms with van der Waals surface area (Å²) in [6, 6.07) is 10.5. The lowest BCUT2D eigenvalue weighted by molar-refractivity contribution is 0.214. The molecule has 1 aromatic rings. The van der Waals surface area contributed by atoms with Crippen LogP contribution in [-0.2, 0) is 6.42 Å². The molecule has 2 heteroatoms. The maximum absolute atomic E-state index is 9.12. The molecule has 0 radical (unpaired) electrons. The van der Waals surface area contributed by atoms with Gasteiger partial charge in [-0.1, -0.05) is 18.6 Å². The lowest BCUT2D eigenvalue weighted by atomic mass is 9.66. The first-order chi connectivity index (χ1) is 7.28. The van der Waals surface area contributed by atoms with E-state index in [4.69, 9.17) is 10.00 Å². The maximum Gasteiger partial charge on any atom is 0.118 e. The maximum atomic E-state index is 9.12. The molecular weight excluding hydrogens is 186 g/mol. The van der Waals surface area contributed by atoms with Crippen LogP contribution < -0.4 is 4.74 Å². The van der Waals surface area contributed by atoms with Crippen molar-refractivity contribution in [3.05, 3.63) is 29.8 Å². The van der Waals surface area contributed by atoms with Gasteiger partial charge < -0.3 is 4.74 Å². The molecule has 1 aromatic carbocycles. The lowest BCUT2D eigenvalue weighted by Gasteiger charge is -2.35. The van der Waals surface area contributed by atoms with Crippen LogP contribution in [0.3, 0.4) is 0 Å². The van der Waals surface area contributed by atoms with Gasteiger partial charge in [-0.3, -0.25) is 0 Å². The summed E-state index contributed by atoms with van der Waals surface area (Å²) < 4.78 is 5.10. The molecule has 0 unspecified atom stereocenters. The molecule has 78 valence electrons. The number of nitrogens with zero attached hydrogens (tertiary/aromatic N) is 1. The molecule has 2 nitrogen and oxygen atoms in total. The van der Waals surface area contributed by atoms with Crippen molar-refractivity contribution in [2.45, 2.75) is 25.7 Å². The zero-order valence-corrected chi connectivity index (χ0v) is 8.99. The molecule has 0 aromatic heterocycles. The third-order valence-electron chi connectivity index (χ3n) is 3.25. The Morgan fingerprint density at radius 2 is 2.00 bits per heavy atom. The topological polar surface area (TPSA) is 33.0 Å². The number of rotatable bonds is 3. The van der Waals surface area contributed by atoms with Crippen LogP contribution in [0.5, 0.6) is 5.75 Å². The summed E-state index contributed by atoms with van der Waals surface area (Å²) in [5.74, 6) is 0.873. The van der Waals surface area contributed by atoms with Crippen LogP contribution in [-0.4, -0.2) is 7.11 Å². The number of nitriles is 1. The van der Waals surface area contributed by atoms with Crippen molar-refractivity contribution >= 4 is 0 Å². The molecule has 0 heterocycles. The van der Waals surface area contributed by atoms with Crippen molar-refractivity contribution in [2.24, 2.45) is 5.41 Å². The number of hydrogen-bond donors (Lipinski definition) is 0. The van der Waals surface area contributed by atoms with E-state index in [0.29, 0.717) is 0 Å². The van der Waals surface area contributed by atoms with Crippen LogP contribution in [0.1, 0.15) is 24.8 Å². The number of methoxy groups -OCH3 is 1. The van der Waals surface area contributed by atoms with Gasteiger partial charge in [-0.15, -0.1) is 0 Å². The average Bonchev–Trinajstić information content (AvgIpc) is 2.24. The summed E-state index contributed by atoms with van der Waals surface area (Å²) in [6.07, 6.45) is 4.18. The Morgan fingerprint density at radius 1 is 1.33 bits per heavy atom. The molecule has 0 atom stereocenters. The largest absolute Gasteiger partial charge is 0.497 e. The van der Waals surface area contributed by atoms with Gasteiger partial charge in [0.15, 0.2) is 0 Å². The average molecular weight is 201 g/mol. The molecule has 0 aliphatic heterocycles. The zero-order chi connectivity index (χ0) is 10.7. The van der Waals surface area contributed by atoms with Crippen molar-refractivity contribution in [2.75, 3.05) is 7.11 Å². The Hall–Kier alpha value is -1.49. The molecule has 1 saturated carbocycles. The third kappa shape index (κ3) is 1.97. The number of ether oxygens (including phenoxy) is 1. The summed E-state index contributed by atoms with van der Waals surface area (Å²) in [5, 5.41) is 9.12. The molecule has 0 N–H and O–H groups in total. The Morgan fingerprint density at radius 3 is 2.40 bits per heavy atom.